The molecule has 6 nitrogen and oxygen atoms in total. The predicted molar refractivity (Wildman–Crippen MR) is 144 cm³/mol. The first-order chi connectivity index (χ1) is 17.2. The predicted octanol–water partition coefficient (Wildman–Crippen LogP) is 6.31. The highest BCUT2D eigenvalue weighted by molar-refractivity contribution is 9.10. The number of benzene rings is 3. The molecule has 1 fully saturated rings. The van der Waals surface area contributed by atoms with Gasteiger partial charge in [-0.1, -0.05) is 41.4 Å². The number of amides is 2. The van der Waals surface area contributed by atoms with Crippen molar-refractivity contribution in [1.29, 1.82) is 0 Å². The number of hydrogen-bond donors (Lipinski definition) is 1. The molecule has 184 valence electrons. The summed E-state index contributed by atoms with van der Waals surface area (Å²) in [5.41, 5.74) is 0.870. The van der Waals surface area contributed by atoms with Crippen LogP contribution >= 0.6 is 51.3 Å². The molecule has 1 N–H and O–H groups in total. The molecule has 36 heavy (non-hydrogen) atoms. The Labute approximate surface area is 229 Å². The first-order valence-electron chi connectivity index (χ1n) is 10.3. The molecule has 0 spiro atoms. The summed E-state index contributed by atoms with van der Waals surface area (Å²) in [5, 5.41) is 3.19. The van der Waals surface area contributed by atoms with Crippen molar-refractivity contribution >= 4 is 80.0 Å². The summed E-state index contributed by atoms with van der Waals surface area (Å²) in [6.45, 7) is 0.140. The summed E-state index contributed by atoms with van der Waals surface area (Å²) < 4.78 is 26.3. The van der Waals surface area contributed by atoms with Crippen molar-refractivity contribution in [3.63, 3.8) is 0 Å². The minimum Gasteiger partial charge on any atom is -0.493 e. The number of methoxy groups -OCH3 is 1. The van der Waals surface area contributed by atoms with Crippen molar-refractivity contribution in [1.82, 2.24) is 5.32 Å². The van der Waals surface area contributed by atoms with Crippen LogP contribution in [0.4, 0.5) is 10.1 Å². The number of anilines is 1. The lowest BCUT2D eigenvalue weighted by molar-refractivity contribution is -0.122. The molecule has 0 unspecified atom stereocenters. The topological polar surface area (TPSA) is 67.9 Å². The van der Waals surface area contributed by atoms with E-state index in [1.54, 1.807) is 36.4 Å². The summed E-state index contributed by atoms with van der Waals surface area (Å²) in [5.74, 6) is -1.40. The van der Waals surface area contributed by atoms with Gasteiger partial charge < -0.3 is 9.47 Å². The van der Waals surface area contributed by atoms with E-state index in [0.29, 0.717) is 31.6 Å². The number of thiocarbonyl (C=S) groups is 1. The van der Waals surface area contributed by atoms with Crippen molar-refractivity contribution in [2.24, 2.45) is 0 Å². The summed E-state index contributed by atoms with van der Waals surface area (Å²) in [7, 11) is 1.46. The van der Waals surface area contributed by atoms with Crippen LogP contribution in [0.15, 0.2) is 64.6 Å². The summed E-state index contributed by atoms with van der Waals surface area (Å²) in [6, 6.07) is 14.0. The molecule has 0 aromatic heterocycles. The van der Waals surface area contributed by atoms with E-state index in [4.69, 9.17) is 44.9 Å². The molecular formula is C25H16BrCl2FN2O4S. The van der Waals surface area contributed by atoms with Crippen molar-refractivity contribution in [3.8, 4) is 11.5 Å². The van der Waals surface area contributed by atoms with Gasteiger partial charge in [0.1, 0.15) is 18.0 Å². The molecule has 1 saturated heterocycles. The molecule has 1 aliphatic heterocycles. The third-order valence-electron chi connectivity index (χ3n) is 5.14. The number of nitrogens with one attached hydrogen (secondary N) is 1. The van der Waals surface area contributed by atoms with Crippen LogP contribution in [0.1, 0.15) is 11.1 Å². The summed E-state index contributed by atoms with van der Waals surface area (Å²) >= 11 is 20.7. The minimum atomic E-state index is -0.762. The van der Waals surface area contributed by atoms with Gasteiger partial charge >= 0.3 is 0 Å². The average Bonchev–Trinajstić information content (AvgIpc) is 2.83. The third-order valence-corrected chi connectivity index (χ3v) is 6.61. The summed E-state index contributed by atoms with van der Waals surface area (Å²) in [6.07, 6.45) is 1.36. The van der Waals surface area contributed by atoms with Crippen molar-refractivity contribution in [3.05, 3.63) is 91.6 Å². The van der Waals surface area contributed by atoms with Crippen LogP contribution < -0.4 is 19.7 Å². The van der Waals surface area contributed by atoms with Gasteiger partial charge in [0.15, 0.2) is 16.6 Å². The van der Waals surface area contributed by atoms with Gasteiger partial charge in [0, 0.05) is 15.6 Å². The van der Waals surface area contributed by atoms with Crippen LogP contribution in [0.5, 0.6) is 11.5 Å². The van der Waals surface area contributed by atoms with E-state index >= 15 is 0 Å². The Morgan fingerprint density at radius 2 is 1.89 bits per heavy atom. The van der Waals surface area contributed by atoms with Gasteiger partial charge in [-0.3, -0.25) is 14.9 Å². The van der Waals surface area contributed by atoms with Crippen LogP contribution in [0.3, 0.4) is 0 Å². The van der Waals surface area contributed by atoms with Gasteiger partial charge in [-0.25, -0.2) is 9.29 Å². The van der Waals surface area contributed by atoms with Gasteiger partial charge in [-0.2, -0.15) is 0 Å². The number of halogens is 4. The fourth-order valence-electron chi connectivity index (χ4n) is 3.43. The zero-order valence-corrected chi connectivity index (χ0v) is 22.4. The Morgan fingerprint density at radius 3 is 2.58 bits per heavy atom. The molecule has 3 aromatic rings. The second-order valence-corrected chi connectivity index (χ2v) is 9.55. The van der Waals surface area contributed by atoms with Gasteiger partial charge in [-0.15, -0.1) is 0 Å². The Balaban J connectivity index is 1.65. The molecule has 11 heteroatoms. The Kier molecular flexibility index (Phi) is 7.94. The molecule has 0 saturated carbocycles. The number of carbonyl (C=O) groups excluding carboxylic acids is 2. The Bertz CT molecular complexity index is 1430. The minimum absolute atomic E-state index is 0.0678. The number of para-hydroxylation sites is 1. The Hall–Kier alpha value is -2.98. The normalized spacial score (nSPS) is 14.8. The molecule has 0 bridgehead atoms. The van der Waals surface area contributed by atoms with Gasteiger partial charge in [0.2, 0.25) is 0 Å². The maximum Gasteiger partial charge on any atom is 0.270 e. The van der Waals surface area contributed by atoms with E-state index < -0.39 is 17.6 Å². The third kappa shape index (κ3) is 5.39. The number of nitrogens with zero attached hydrogens (tertiary/aromatic N) is 1. The van der Waals surface area contributed by atoms with E-state index in [1.165, 1.54) is 31.4 Å². The van der Waals surface area contributed by atoms with Crippen LogP contribution in [0.2, 0.25) is 10.0 Å². The molecule has 2 amide bonds. The molecule has 0 radical (unpaired) electrons. The summed E-state index contributed by atoms with van der Waals surface area (Å²) in [4.78, 5) is 26.7. The highest BCUT2D eigenvalue weighted by Gasteiger charge is 2.35. The molecule has 4 rings (SSSR count). The van der Waals surface area contributed by atoms with E-state index in [-0.39, 0.29) is 23.0 Å². The monoisotopic (exact) mass is 608 g/mol. The molecule has 1 heterocycles. The standard InChI is InChI=1S/C25H16BrCl2FN2O4S/c1-34-21-10-13(9-17(26)22(21)35-12-14-6-7-15(27)11-18(14)28)8-16-23(32)30-25(36)31(24(16)33)20-5-3-2-4-19(20)29/h2-11H,12H2,1H3,(H,30,32,36)/b16-8+. The molecule has 0 aliphatic carbocycles. The second kappa shape index (κ2) is 11.0. The fourth-order valence-corrected chi connectivity index (χ4v) is 4.74. The smallest absolute Gasteiger partial charge is 0.270 e. The van der Waals surface area contributed by atoms with E-state index in [0.717, 1.165) is 10.5 Å². The largest absolute Gasteiger partial charge is 0.493 e. The molecule has 1 aliphatic rings. The van der Waals surface area contributed by atoms with Crippen LogP contribution in [-0.2, 0) is 16.2 Å². The highest BCUT2D eigenvalue weighted by atomic mass is 79.9. The van der Waals surface area contributed by atoms with Crippen LogP contribution in [0, 0.1) is 5.82 Å². The highest BCUT2D eigenvalue weighted by Crippen LogP contribution is 2.38. The van der Waals surface area contributed by atoms with E-state index in [9.17, 15) is 14.0 Å². The number of carbonyl (C=O) groups is 2. The fraction of sp³-hybridized carbons (Fsp3) is 0.0800. The van der Waals surface area contributed by atoms with Crippen molar-refractivity contribution in [2.45, 2.75) is 6.61 Å². The zero-order chi connectivity index (χ0) is 26.0. The van der Waals surface area contributed by atoms with E-state index in [1.807, 2.05) is 0 Å². The van der Waals surface area contributed by atoms with Gasteiger partial charge in [0.05, 0.1) is 17.3 Å². The quantitative estimate of drug-likeness (QED) is 0.201. The maximum atomic E-state index is 14.4. The lowest BCUT2D eigenvalue weighted by Gasteiger charge is -2.29. The zero-order valence-electron chi connectivity index (χ0n) is 18.5. The van der Waals surface area contributed by atoms with E-state index in [2.05, 4.69) is 21.2 Å². The second-order valence-electron chi connectivity index (χ2n) is 7.47. The van der Waals surface area contributed by atoms with Crippen molar-refractivity contribution < 1.29 is 23.5 Å². The van der Waals surface area contributed by atoms with Crippen LogP contribution in [0.25, 0.3) is 6.08 Å². The molecule has 0 atom stereocenters. The van der Waals surface area contributed by atoms with Gasteiger partial charge in [-0.05, 0) is 76.2 Å². The number of rotatable bonds is 6. The van der Waals surface area contributed by atoms with Gasteiger partial charge in [0.25, 0.3) is 11.8 Å². The lowest BCUT2D eigenvalue weighted by atomic mass is 10.1. The Morgan fingerprint density at radius 1 is 1.14 bits per heavy atom. The lowest BCUT2D eigenvalue weighted by Crippen LogP contribution is -2.54. The average molecular weight is 610 g/mol. The molecule has 3 aromatic carbocycles. The molecular weight excluding hydrogens is 594 g/mol. The number of hydrogen-bond acceptors (Lipinski definition) is 5. The first kappa shape index (κ1) is 26.1. The van der Waals surface area contributed by atoms with Crippen LogP contribution in [-0.4, -0.2) is 24.0 Å². The van der Waals surface area contributed by atoms with Crippen molar-refractivity contribution in [2.75, 3.05) is 12.0 Å². The SMILES string of the molecule is COc1cc(/C=C2\C(=O)NC(=S)N(c3ccccc3F)C2=O)cc(Br)c1OCc1ccc(Cl)cc1Cl. The first-order valence-corrected chi connectivity index (χ1v) is 12.3. The maximum absolute atomic E-state index is 14.4. The number of ether oxygens (including phenoxy) is 2.